The lowest BCUT2D eigenvalue weighted by Crippen LogP contribution is -2.48. The van der Waals surface area contributed by atoms with Crippen molar-refractivity contribution < 1.29 is 14.1 Å². The molecule has 1 aromatic heterocycles. The van der Waals surface area contributed by atoms with Crippen LogP contribution in [0.1, 0.15) is 18.7 Å². The molecule has 2 aliphatic rings. The molecule has 7 nitrogen and oxygen atoms in total. The van der Waals surface area contributed by atoms with Crippen molar-refractivity contribution in [3.8, 4) is 11.4 Å². The fraction of sp³-hybridized carbons (Fsp3) is 0.526. The first kappa shape index (κ1) is 18.4. The van der Waals surface area contributed by atoms with E-state index in [-0.39, 0.29) is 11.8 Å². The average Bonchev–Trinajstić information content (AvgIpc) is 3.17. The number of halogens is 1. The lowest BCUT2D eigenvalue weighted by atomic mass is 9.96. The van der Waals surface area contributed by atoms with E-state index in [0.29, 0.717) is 49.6 Å². The molecule has 0 radical (unpaired) electrons. The third-order valence-electron chi connectivity index (χ3n) is 5.12. The van der Waals surface area contributed by atoms with Gasteiger partial charge in [0, 0.05) is 25.2 Å². The molecule has 2 aliphatic heterocycles. The van der Waals surface area contributed by atoms with Gasteiger partial charge in [0.2, 0.25) is 17.6 Å². The van der Waals surface area contributed by atoms with E-state index in [1.165, 1.54) is 0 Å². The minimum Gasteiger partial charge on any atom is -0.378 e. The summed E-state index contributed by atoms with van der Waals surface area (Å²) in [6.07, 6.45) is 1.92. The predicted molar refractivity (Wildman–Crippen MR) is 100 cm³/mol. The van der Waals surface area contributed by atoms with Gasteiger partial charge in [-0.05, 0) is 31.5 Å². The molecule has 1 atom stereocenters. The number of aromatic nitrogens is 2. The van der Waals surface area contributed by atoms with Crippen LogP contribution < -0.4 is 0 Å². The molecule has 0 aliphatic carbocycles. The highest BCUT2D eigenvalue weighted by atomic mass is 35.5. The summed E-state index contributed by atoms with van der Waals surface area (Å²) in [4.78, 5) is 21.4. The first-order valence-electron chi connectivity index (χ1n) is 9.37. The summed E-state index contributed by atoms with van der Waals surface area (Å²) in [6.45, 7) is 4.85. The molecule has 0 spiro atoms. The number of morpholine rings is 1. The van der Waals surface area contributed by atoms with Crippen molar-refractivity contribution in [2.45, 2.75) is 19.4 Å². The fourth-order valence-corrected chi connectivity index (χ4v) is 3.93. The second-order valence-electron chi connectivity index (χ2n) is 7.00. The van der Waals surface area contributed by atoms with Gasteiger partial charge >= 0.3 is 0 Å². The quantitative estimate of drug-likeness (QED) is 0.798. The van der Waals surface area contributed by atoms with Gasteiger partial charge in [0.15, 0.2) is 0 Å². The van der Waals surface area contributed by atoms with E-state index in [4.69, 9.17) is 20.9 Å². The van der Waals surface area contributed by atoms with Crippen molar-refractivity contribution in [3.63, 3.8) is 0 Å². The Kier molecular flexibility index (Phi) is 5.71. The van der Waals surface area contributed by atoms with Gasteiger partial charge < -0.3 is 14.2 Å². The van der Waals surface area contributed by atoms with Gasteiger partial charge in [-0.2, -0.15) is 4.98 Å². The highest BCUT2D eigenvalue weighted by molar-refractivity contribution is 6.33. The number of amides is 1. The van der Waals surface area contributed by atoms with E-state index >= 15 is 0 Å². The maximum atomic E-state index is 12.8. The third-order valence-corrected chi connectivity index (χ3v) is 5.45. The number of carbonyl (C=O) groups excluding carboxylic acids is 1. The van der Waals surface area contributed by atoms with Gasteiger partial charge in [-0.1, -0.05) is 28.9 Å². The van der Waals surface area contributed by atoms with Crippen LogP contribution in [0.4, 0.5) is 0 Å². The van der Waals surface area contributed by atoms with Crippen molar-refractivity contribution in [1.29, 1.82) is 0 Å². The number of ether oxygens (including phenoxy) is 1. The van der Waals surface area contributed by atoms with Crippen molar-refractivity contribution >= 4 is 17.5 Å². The van der Waals surface area contributed by atoms with Crippen LogP contribution in [0.2, 0.25) is 5.02 Å². The standard InChI is InChI=1S/C19H23ClN4O3/c20-16-6-2-1-5-15(16)18-21-17(27-22-18)13-23-7-3-4-14(12-23)19(25)24-8-10-26-11-9-24/h1-2,5-6,14H,3-4,7-13H2. The first-order valence-corrected chi connectivity index (χ1v) is 9.75. The highest BCUT2D eigenvalue weighted by Gasteiger charge is 2.30. The average molecular weight is 391 g/mol. The SMILES string of the molecule is O=C(C1CCCN(Cc2nc(-c3ccccc3Cl)no2)C1)N1CCOCC1. The van der Waals surface area contributed by atoms with E-state index < -0.39 is 0 Å². The molecule has 3 heterocycles. The Morgan fingerprint density at radius 2 is 2.04 bits per heavy atom. The number of likely N-dealkylation sites (tertiary alicyclic amines) is 1. The number of carbonyl (C=O) groups is 1. The number of piperidine rings is 1. The van der Waals surface area contributed by atoms with Crippen LogP contribution in [-0.2, 0) is 16.1 Å². The second kappa shape index (κ2) is 8.37. The lowest BCUT2D eigenvalue weighted by Gasteiger charge is -2.35. The van der Waals surface area contributed by atoms with Gasteiger partial charge in [0.1, 0.15) is 0 Å². The first-order chi connectivity index (χ1) is 13.2. The van der Waals surface area contributed by atoms with Gasteiger partial charge in [-0.3, -0.25) is 9.69 Å². The van der Waals surface area contributed by atoms with E-state index in [2.05, 4.69) is 15.0 Å². The van der Waals surface area contributed by atoms with E-state index in [0.717, 1.165) is 31.5 Å². The molecule has 2 aromatic rings. The molecular weight excluding hydrogens is 368 g/mol. The topological polar surface area (TPSA) is 71.7 Å². The Bertz CT molecular complexity index is 791. The van der Waals surface area contributed by atoms with Crippen LogP contribution in [-0.4, -0.2) is 65.2 Å². The zero-order valence-corrected chi connectivity index (χ0v) is 15.9. The number of nitrogens with zero attached hydrogens (tertiary/aromatic N) is 4. The summed E-state index contributed by atoms with van der Waals surface area (Å²) < 4.78 is 10.8. The maximum Gasteiger partial charge on any atom is 0.241 e. The third kappa shape index (κ3) is 4.31. The molecule has 144 valence electrons. The summed E-state index contributed by atoms with van der Waals surface area (Å²) in [5.41, 5.74) is 0.758. The smallest absolute Gasteiger partial charge is 0.241 e. The summed E-state index contributed by atoms with van der Waals surface area (Å²) in [5.74, 6) is 1.31. The number of hydrogen-bond donors (Lipinski definition) is 0. The molecule has 27 heavy (non-hydrogen) atoms. The number of benzene rings is 1. The monoisotopic (exact) mass is 390 g/mol. The van der Waals surface area contributed by atoms with Crippen molar-refractivity contribution in [1.82, 2.24) is 19.9 Å². The molecule has 1 aromatic carbocycles. The number of hydrogen-bond acceptors (Lipinski definition) is 6. The molecule has 2 saturated heterocycles. The Labute approximate surface area is 163 Å². The van der Waals surface area contributed by atoms with E-state index in [1.807, 2.05) is 23.1 Å². The van der Waals surface area contributed by atoms with Crippen molar-refractivity contribution in [2.75, 3.05) is 39.4 Å². The molecule has 1 unspecified atom stereocenters. The molecule has 4 rings (SSSR count). The second-order valence-corrected chi connectivity index (χ2v) is 7.41. The van der Waals surface area contributed by atoms with Crippen LogP contribution in [0, 0.1) is 5.92 Å². The molecule has 1 amide bonds. The normalized spacial score (nSPS) is 21.4. The van der Waals surface area contributed by atoms with Gasteiger partial charge in [-0.15, -0.1) is 0 Å². The minimum atomic E-state index is 0.0304. The van der Waals surface area contributed by atoms with Crippen LogP contribution >= 0.6 is 11.6 Å². The van der Waals surface area contributed by atoms with Gasteiger partial charge in [0.05, 0.1) is 30.7 Å². The lowest BCUT2D eigenvalue weighted by molar-refractivity contribution is -0.141. The Morgan fingerprint density at radius 1 is 1.22 bits per heavy atom. The zero-order chi connectivity index (χ0) is 18.6. The summed E-state index contributed by atoms with van der Waals surface area (Å²) in [6, 6.07) is 7.43. The maximum absolute atomic E-state index is 12.8. The van der Waals surface area contributed by atoms with Crippen molar-refractivity contribution in [3.05, 3.63) is 35.2 Å². The number of rotatable bonds is 4. The minimum absolute atomic E-state index is 0.0304. The Hall–Kier alpha value is -1.96. The van der Waals surface area contributed by atoms with Gasteiger partial charge in [-0.25, -0.2) is 0 Å². The zero-order valence-electron chi connectivity index (χ0n) is 15.1. The molecule has 2 fully saturated rings. The van der Waals surface area contributed by atoms with Crippen LogP contribution in [0.3, 0.4) is 0 Å². The largest absolute Gasteiger partial charge is 0.378 e. The van der Waals surface area contributed by atoms with Crippen LogP contribution in [0.25, 0.3) is 11.4 Å². The summed E-state index contributed by atoms with van der Waals surface area (Å²) >= 11 is 6.20. The predicted octanol–water partition coefficient (Wildman–Crippen LogP) is 2.46. The van der Waals surface area contributed by atoms with Gasteiger partial charge in [0.25, 0.3) is 0 Å². The Balaban J connectivity index is 1.38. The highest BCUT2D eigenvalue weighted by Crippen LogP contribution is 2.26. The molecular formula is C19H23ClN4O3. The van der Waals surface area contributed by atoms with Crippen LogP contribution in [0.15, 0.2) is 28.8 Å². The summed E-state index contributed by atoms with van der Waals surface area (Å²) in [7, 11) is 0. The molecule has 0 bridgehead atoms. The summed E-state index contributed by atoms with van der Waals surface area (Å²) in [5, 5.41) is 4.65. The molecule has 8 heteroatoms. The van der Waals surface area contributed by atoms with E-state index in [9.17, 15) is 4.79 Å². The fourth-order valence-electron chi connectivity index (χ4n) is 3.70. The Morgan fingerprint density at radius 3 is 2.85 bits per heavy atom. The van der Waals surface area contributed by atoms with Crippen LogP contribution in [0.5, 0.6) is 0 Å². The van der Waals surface area contributed by atoms with Crippen molar-refractivity contribution in [2.24, 2.45) is 5.92 Å². The molecule has 0 N–H and O–H groups in total. The van der Waals surface area contributed by atoms with E-state index in [1.54, 1.807) is 6.07 Å². The molecule has 0 saturated carbocycles.